The summed E-state index contributed by atoms with van der Waals surface area (Å²) in [6.45, 7) is 2.37. The Bertz CT molecular complexity index is 487. The maximum Gasteiger partial charge on any atom is 0.138 e. The van der Waals surface area contributed by atoms with Gasteiger partial charge in [-0.1, -0.05) is 15.9 Å². The van der Waals surface area contributed by atoms with Crippen LogP contribution in [0.25, 0.3) is 0 Å². The average molecular weight is 310 g/mol. The van der Waals surface area contributed by atoms with E-state index in [0.29, 0.717) is 12.2 Å². The van der Waals surface area contributed by atoms with Gasteiger partial charge in [0.15, 0.2) is 0 Å². The second-order valence-electron chi connectivity index (χ2n) is 4.97. The molecule has 1 aromatic carbocycles. The van der Waals surface area contributed by atoms with Gasteiger partial charge in [0.25, 0.3) is 0 Å². The standard InChI is InChI=1S/C14H16BrNO2/c15-12-6-9-2-4-18-14(9)10(7-12)5-11-8-16-3-1-13(11)17/h6-7,11,16H,1-5,8H2. The molecule has 0 spiro atoms. The minimum Gasteiger partial charge on any atom is -0.493 e. The van der Waals surface area contributed by atoms with Gasteiger partial charge in [-0.25, -0.2) is 0 Å². The lowest BCUT2D eigenvalue weighted by Gasteiger charge is -2.22. The van der Waals surface area contributed by atoms with E-state index in [0.717, 1.165) is 42.8 Å². The highest BCUT2D eigenvalue weighted by Gasteiger charge is 2.25. The second kappa shape index (κ2) is 5.02. The minimum absolute atomic E-state index is 0.0985. The summed E-state index contributed by atoms with van der Waals surface area (Å²) >= 11 is 3.54. The van der Waals surface area contributed by atoms with Crippen molar-refractivity contribution in [3.63, 3.8) is 0 Å². The van der Waals surface area contributed by atoms with Crippen molar-refractivity contribution in [2.75, 3.05) is 19.7 Å². The van der Waals surface area contributed by atoms with Crippen LogP contribution in [-0.2, 0) is 17.6 Å². The van der Waals surface area contributed by atoms with Crippen molar-refractivity contribution in [2.45, 2.75) is 19.3 Å². The first-order valence-corrected chi connectivity index (χ1v) is 7.21. The van der Waals surface area contributed by atoms with E-state index in [1.807, 2.05) is 0 Å². The third-order valence-corrected chi connectivity index (χ3v) is 4.14. The molecule has 0 aliphatic carbocycles. The Morgan fingerprint density at radius 2 is 2.28 bits per heavy atom. The summed E-state index contributed by atoms with van der Waals surface area (Å²) in [5.41, 5.74) is 2.43. The summed E-state index contributed by atoms with van der Waals surface area (Å²) in [4.78, 5) is 11.9. The van der Waals surface area contributed by atoms with Crippen LogP contribution in [-0.4, -0.2) is 25.5 Å². The molecule has 1 aromatic rings. The zero-order chi connectivity index (χ0) is 12.5. The summed E-state index contributed by atoms with van der Waals surface area (Å²) in [6, 6.07) is 4.21. The van der Waals surface area contributed by atoms with Crippen LogP contribution in [0.4, 0.5) is 0 Å². The van der Waals surface area contributed by atoms with Gasteiger partial charge in [-0.15, -0.1) is 0 Å². The number of piperidine rings is 1. The quantitative estimate of drug-likeness (QED) is 0.909. The Labute approximate surface area is 115 Å². The third kappa shape index (κ3) is 2.31. The molecule has 2 heterocycles. The zero-order valence-corrected chi connectivity index (χ0v) is 11.8. The monoisotopic (exact) mass is 309 g/mol. The molecule has 2 aliphatic rings. The van der Waals surface area contributed by atoms with Gasteiger partial charge in [0, 0.05) is 36.3 Å². The number of halogens is 1. The zero-order valence-electron chi connectivity index (χ0n) is 10.2. The number of carbonyl (C=O) groups is 1. The molecule has 1 unspecified atom stereocenters. The largest absolute Gasteiger partial charge is 0.493 e. The van der Waals surface area contributed by atoms with Crippen LogP contribution in [0.1, 0.15) is 17.5 Å². The van der Waals surface area contributed by atoms with Crippen molar-refractivity contribution >= 4 is 21.7 Å². The maximum atomic E-state index is 11.9. The summed E-state index contributed by atoms with van der Waals surface area (Å²) in [5, 5.41) is 3.29. The second-order valence-corrected chi connectivity index (χ2v) is 5.89. The molecule has 4 heteroatoms. The number of carbonyl (C=O) groups excluding carboxylic acids is 1. The van der Waals surface area contributed by atoms with Gasteiger partial charge >= 0.3 is 0 Å². The molecule has 0 aromatic heterocycles. The highest BCUT2D eigenvalue weighted by atomic mass is 79.9. The van der Waals surface area contributed by atoms with Crippen molar-refractivity contribution in [1.29, 1.82) is 0 Å². The first-order valence-electron chi connectivity index (χ1n) is 6.41. The molecule has 1 atom stereocenters. The fraction of sp³-hybridized carbons (Fsp3) is 0.500. The average Bonchev–Trinajstić information content (AvgIpc) is 2.80. The molecular formula is C14H16BrNO2. The molecule has 18 heavy (non-hydrogen) atoms. The van der Waals surface area contributed by atoms with Gasteiger partial charge in [-0.3, -0.25) is 4.79 Å². The lowest BCUT2D eigenvalue weighted by atomic mass is 9.90. The molecule has 0 bridgehead atoms. The van der Waals surface area contributed by atoms with Crippen molar-refractivity contribution in [2.24, 2.45) is 5.92 Å². The normalized spacial score (nSPS) is 22.7. The van der Waals surface area contributed by atoms with Crippen LogP contribution in [0.3, 0.4) is 0 Å². The molecule has 1 N–H and O–H groups in total. The van der Waals surface area contributed by atoms with Crippen molar-refractivity contribution in [3.05, 3.63) is 27.7 Å². The van der Waals surface area contributed by atoms with Crippen molar-refractivity contribution in [3.8, 4) is 5.75 Å². The number of nitrogens with one attached hydrogen (secondary N) is 1. The summed E-state index contributed by atoms with van der Waals surface area (Å²) in [6.07, 6.45) is 2.41. The van der Waals surface area contributed by atoms with Crippen molar-refractivity contribution in [1.82, 2.24) is 5.32 Å². The van der Waals surface area contributed by atoms with Crippen LogP contribution in [0.5, 0.6) is 5.75 Å². The number of benzene rings is 1. The number of hydrogen-bond acceptors (Lipinski definition) is 3. The minimum atomic E-state index is 0.0985. The number of ketones is 1. The topological polar surface area (TPSA) is 38.3 Å². The van der Waals surface area contributed by atoms with Gasteiger partial charge in [-0.05, 0) is 29.7 Å². The molecule has 1 fully saturated rings. The van der Waals surface area contributed by atoms with E-state index >= 15 is 0 Å². The predicted octanol–water partition coefficient (Wildman–Crippen LogP) is 2.11. The fourth-order valence-electron chi connectivity index (χ4n) is 2.75. The molecule has 0 saturated carbocycles. The Morgan fingerprint density at radius 3 is 3.11 bits per heavy atom. The molecule has 1 saturated heterocycles. The lowest BCUT2D eigenvalue weighted by Crippen LogP contribution is -2.38. The van der Waals surface area contributed by atoms with E-state index in [1.54, 1.807) is 0 Å². The Morgan fingerprint density at radius 1 is 1.39 bits per heavy atom. The molecule has 2 aliphatic heterocycles. The number of rotatable bonds is 2. The predicted molar refractivity (Wildman–Crippen MR) is 73.0 cm³/mol. The number of Topliss-reactive ketones (excluding diaryl/α,β-unsaturated/α-hetero) is 1. The molecular weight excluding hydrogens is 294 g/mol. The molecule has 3 nitrogen and oxygen atoms in total. The molecule has 96 valence electrons. The Kier molecular flexibility index (Phi) is 3.39. The van der Waals surface area contributed by atoms with Gasteiger partial charge in [0.05, 0.1) is 6.61 Å². The van der Waals surface area contributed by atoms with E-state index in [1.165, 1.54) is 11.1 Å². The van der Waals surface area contributed by atoms with Crippen molar-refractivity contribution < 1.29 is 9.53 Å². The molecule has 0 amide bonds. The summed E-state index contributed by atoms with van der Waals surface area (Å²) < 4.78 is 6.79. The van der Waals surface area contributed by atoms with E-state index < -0.39 is 0 Å². The smallest absolute Gasteiger partial charge is 0.138 e. The Hall–Kier alpha value is -0.870. The highest BCUT2D eigenvalue weighted by molar-refractivity contribution is 9.10. The first kappa shape index (κ1) is 12.2. The van der Waals surface area contributed by atoms with Crippen LogP contribution >= 0.6 is 15.9 Å². The number of ether oxygens (including phenoxy) is 1. The summed E-state index contributed by atoms with van der Waals surface area (Å²) in [5.74, 6) is 1.48. The first-order chi connectivity index (χ1) is 8.74. The van der Waals surface area contributed by atoms with Gasteiger partial charge in [-0.2, -0.15) is 0 Å². The van der Waals surface area contributed by atoms with Gasteiger partial charge in [0.1, 0.15) is 11.5 Å². The van der Waals surface area contributed by atoms with Crippen LogP contribution in [0, 0.1) is 5.92 Å². The SMILES string of the molecule is O=C1CCNCC1Cc1cc(Br)cc2c1OCC2. The van der Waals surface area contributed by atoms with E-state index in [9.17, 15) is 4.79 Å². The van der Waals surface area contributed by atoms with Crippen LogP contribution in [0.15, 0.2) is 16.6 Å². The van der Waals surface area contributed by atoms with E-state index in [-0.39, 0.29) is 5.92 Å². The van der Waals surface area contributed by atoms with Gasteiger partial charge < -0.3 is 10.1 Å². The lowest BCUT2D eigenvalue weighted by molar-refractivity contribution is -0.123. The molecule has 3 rings (SSSR count). The van der Waals surface area contributed by atoms with E-state index in [2.05, 4.69) is 33.4 Å². The van der Waals surface area contributed by atoms with E-state index in [4.69, 9.17) is 4.74 Å². The summed E-state index contributed by atoms with van der Waals surface area (Å²) in [7, 11) is 0. The highest BCUT2D eigenvalue weighted by Crippen LogP contribution is 2.34. The fourth-order valence-corrected chi connectivity index (χ4v) is 3.31. The number of hydrogen-bond donors (Lipinski definition) is 1. The number of fused-ring (bicyclic) bond motifs is 1. The third-order valence-electron chi connectivity index (χ3n) is 3.69. The molecule has 0 radical (unpaired) electrons. The van der Waals surface area contributed by atoms with Crippen LogP contribution in [0.2, 0.25) is 0 Å². The Balaban J connectivity index is 1.86. The van der Waals surface area contributed by atoms with Crippen LogP contribution < -0.4 is 10.1 Å². The van der Waals surface area contributed by atoms with Gasteiger partial charge in [0.2, 0.25) is 0 Å². The maximum absolute atomic E-state index is 11.9.